The summed E-state index contributed by atoms with van der Waals surface area (Å²) < 4.78 is 11.9. The molecule has 0 rings (SSSR count). The third kappa shape index (κ3) is 10.7. The molecule has 0 aromatic rings. The minimum atomic E-state index is -1.56. The van der Waals surface area contributed by atoms with E-state index in [-0.39, 0.29) is 10.0 Å². The molecule has 2 nitrogen and oxygen atoms in total. The Bertz CT molecular complexity index is 184. The van der Waals surface area contributed by atoms with Crippen molar-refractivity contribution < 1.29 is 8.23 Å². The Balaban J connectivity index is 3.80. The molecule has 0 heterocycles. The molecule has 0 aromatic carbocycles. The fourth-order valence-corrected chi connectivity index (χ4v) is 7.27. The van der Waals surface area contributed by atoms with Gasteiger partial charge in [0, 0.05) is 11.8 Å². The number of rotatable bonds is 10. The summed E-state index contributed by atoms with van der Waals surface area (Å²) in [6.45, 7) is 8.90. The molecule has 0 aliphatic rings. The van der Waals surface area contributed by atoms with Crippen molar-refractivity contribution in [1.29, 1.82) is 0 Å². The van der Waals surface area contributed by atoms with Gasteiger partial charge in [-0.2, -0.15) is 0 Å². The molecule has 0 atom stereocenters. The van der Waals surface area contributed by atoms with Gasteiger partial charge in [-0.15, -0.1) is 23.2 Å². The lowest BCUT2D eigenvalue weighted by Crippen LogP contribution is -2.38. The summed E-state index contributed by atoms with van der Waals surface area (Å²) in [6, 6.07) is 2.22. The van der Waals surface area contributed by atoms with E-state index >= 15 is 0 Å². The Morgan fingerprint density at radius 1 is 0.824 bits per heavy atom. The average molecular weight is 331 g/mol. The van der Waals surface area contributed by atoms with Crippen molar-refractivity contribution in [2.75, 3.05) is 11.8 Å². The fraction of sp³-hybridized carbons (Fsp3) is 1.00. The van der Waals surface area contributed by atoms with E-state index in [1.807, 2.05) is 0 Å². The van der Waals surface area contributed by atoms with Crippen LogP contribution < -0.4 is 0 Å². The summed E-state index contributed by atoms with van der Waals surface area (Å²) in [7, 11) is -2.92. The first-order chi connectivity index (χ1) is 7.83. The Morgan fingerprint density at radius 3 is 1.47 bits per heavy atom. The Labute approximate surface area is 121 Å². The second-order valence-corrected chi connectivity index (χ2v) is 16.0. The van der Waals surface area contributed by atoms with E-state index in [0.717, 1.165) is 36.7 Å². The Kier molecular flexibility index (Phi) is 9.73. The molecule has 0 N–H and O–H groups in total. The van der Waals surface area contributed by atoms with Crippen LogP contribution in [0.5, 0.6) is 0 Å². The molecule has 0 saturated carbocycles. The zero-order valence-electron chi connectivity index (χ0n) is 11.3. The van der Waals surface area contributed by atoms with Crippen LogP contribution >= 0.6 is 23.2 Å². The first-order valence-corrected chi connectivity index (χ1v) is 14.2. The minimum Gasteiger partial charge on any atom is -0.435 e. The van der Waals surface area contributed by atoms with E-state index in [4.69, 9.17) is 31.4 Å². The van der Waals surface area contributed by atoms with Crippen LogP contribution in [0.3, 0.4) is 0 Å². The Morgan fingerprint density at radius 2 is 1.18 bits per heavy atom. The van der Waals surface area contributed by atoms with Gasteiger partial charge in [0.05, 0.1) is 0 Å². The standard InChI is InChI=1S/C10H24Cl2O2Si3/c1-16(2,9-5-7-11)13-15-14-17(3,4)10-6-8-12/h5-10H2,1-4H3. The number of hydrogen-bond donors (Lipinski definition) is 0. The molecule has 0 aromatic heterocycles. The van der Waals surface area contributed by atoms with Crippen molar-refractivity contribution >= 4 is 49.8 Å². The van der Waals surface area contributed by atoms with Gasteiger partial charge in [-0.3, -0.25) is 0 Å². The molecule has 2 radical (unpaired) electrons. The zero-order valence-corrected chi connectivity index (χ0v) is 15.8. The molecule has 0 spiro atoms. The molecular formula is C10H24Cl2O2Si3. The van der Waals surface area contributed by atoms with Crippen molar-refractivity contribution in [3.05, 3.63) is 0 Å². The summed E-state index contributed by atoms with van der Waals surface area (Å²) >= 11 is 11.4. The van der Waals surface area contributed by atoms with Gasteiger partial charge in [0.1, 0.15) is 0 Å². The maximum absolute atomic E-state index is 5.93. The van der Waals surface area contributed by atoms with Crippen LogP contribution in [-0.4, -0.2) is 38.4 Å². The molecule has 7 heteroatoms. The van der Waals surface area contributed by atoms with Crippen LogP contribution in [0.4, 0.5) is 0 Å². The van der Waals surface area contributed by atoms with Crippen LogP contribution in [0, 0.1) is 0 Å². The SMILES string of the molecule is C[Si](C)(CCCCl)O[Si]O[Si](C)(C)CCCCl. The smallest absolute Gasteiger partial charge is 0.410 e. The maximum Gasteiger partial charge on any atom is 0.410 e. The molecule has 17 heavy (non-hydrogen) atoms. The predicted octanol–water partition coefficient (Wildman–Crippen LogP) is 4.22. The number of halogens is 2. The highest BCUT2D eigenvalue weighted by atomic mass is 35.5. The van der Waals surface area contributed by atoms with Crippen LogP contribution in [-0.2, 0) is 8.23 Å². The van der Waals surface area contributed by atoms with E-state index in [9.17, 15) is 0 Å². The molecular weight excluding hydrogens is 307 g/mol. The number of hydrogen-bond acceptors (Lipinski definition) is 2. The van der Waals surface area contributed by atoms with Crippen molar-refractivity contribution in [1.82, 2.24) is 0 Å². The quantitative estimate of drug-likeness (QED) is 0.441. The third-order valence-corrected chi connectivity index (χ3v) is 11.2. The third-order valence-electron chi connectivity index (χ3n) is 2.46. The first-order valence-electron chi connectivity index (χ1n) is 6.06. The molecule has 0 aliphatic carbocycles. The summed E-state index contributed by atoms with van der Waals surface area (Å²) in [6.07, 6.45) is 2.08. The second kappa shape index (κ2) is 9.12. The highest BCUT2D eigenvalue weighted by Gasteiger charge is 2.26. The van der Waals surface area contributed by atoms with Crippen LogP contribution in [0.25, 0.3) is 0 Å². The highest BCUT2D eigenvalue weighted by Crippen LogP contribution is 2.17. The van der Waals surface area contributed by atoms with Gasteiger partial charge in [0.15, 0.2) is 16.6 Å². The fourth-order valence-electron chi connectivity index (χ4n) is 1.33. The van der Waals surface area contributed by atoms with Crippen molar-refractivity contribution in [2.24, 2.45) is 0 Å². The summed E-state index contributed by atoms with van der Waals surface area (Å²) in [5, 5.41) is 0. The van der Waals surface area contributed by atoms with Crippen molar-refractivity contribution in [2.45, 2.75) is 51.1 Å². The van der Waals surface area contributed by atoms with E-state index in [0.29, 0.717) is 0 Å². The minimum absolute atomic E-state index is 0.195. The monoisotopic (exact) mass is 330 g/mol. The summed E-state index contributed by atoms with van der Waals surface area (Å²) in [5.74, 6) is 1.44. The predicted molar refractivity (Wildman–Crippen MR) is 83.2 cm³/mol. The molecule has 0 aliphatic heterocycles. The normalized spacial score (nSPS) is 13.1. The van der Waals surface area contributed by atoms with E-state index < -0.39 is 16.6 Å². The second-order valence-electron chi connectivity index (χ2n) is 5.39. The lowest BCUT2D eigenvalue weighted by molar-refractivity contribution is 0.447. The Hall–Kier alpha value is 1.15. The maximum atomic E-state index is 5.93. The molecule has 0 bridgehead atoms. The zero-order chi connectivity index (χ0) is 13.4. The molecule has 0 fully saturated rings. The van der Waals surface area contributed by atoms with Gasteiger partial charge in [-0.05, 0) is 51.1 Å². The van der Waals surface area contributed by atoms with E-state index in [1.54, 1.807) is 0 Å². The van der Waals surface area contributed by atoms with Crippen LogP contribution in [0.2, 0.25) is 38.3 Å². The first kappa shape index (κ1) is 18.2. The van der Waals surface area contributed by atoms with E-state index in [1.165, 1.54) is 0 Å². The van der Waals surface area contributed by atoms with Gasteiger partial charge in [0.2, 0.25) is 0 Å². The van der Waals surface area contributed by atoms with Gasteiger partial charge in [-0.25, -0.2) is 0 Å². The van der Waals surface area contributed by atoms with Gasteiger partial charge in [-0.1, -0.05) is 0 Å². The highest BCUT2D eigenvalue weighted by molar-refractivity contribution is 6.78. The molecule has 0 unspecified atom stereocenters. The molecule has 0 amide bonds. The lowest BCUT2D eigenvalue weighted by Gasteiger charge is -2.26. The molecule has 102 valence electrons. The van der Waals surface area contributed by atoms with Gasteiger partial charge < -0.3 is 8.23 Å². The molecule has 0 saturated heterocycles. The average Bonchev–Trinajstić information content (AvgIpc) is 2.23. The van der Waals surface area contributed by atoms with E-state index in [2.05, 4.69) is 26.2 Å². The topological polar surface area (TPSA) is 18.5 Å². The number of alkyl halides is 2. The van der Waals surface area contributed by atoms with Crippen molar-refractivity contribution in [3.63, 3.8) is 0 Å². The summed E-state index contributed by atoms with van der Waals surface area (Å²) in [5.41, 5.74) is 0. The van der Waals surface area contributed by atoms with Crippen LogP contribution in [0.1, 0.15) is 12.8 Å². The van der Waals surface area contributed by atoms with Crippen molar-refractivity contribution in [3.8, 4) is 0 Å². The van der Waals surface area contributed by atoms with Gasteiger partial charge in [0.25, 0.3) is 0 Å². The summed E-state index contributed by atoms with van der Waals surface area (Å²) in [4.78, 5) is 0. The van der Waals surface area contributed by atoms with Crippen LogP contribution in [0.15, 0.2) is 0 Å². The largest absolute Gasteiger partial charge is 0.435 e. The lowest BCUT2D eigenvalue weighted by atomic mass is 10.6. The van der Waals surface area contributed by atoms with Gasteiger partial charge >= 0.3 is 10.0 Å².